The summed E-state index contributed by atoms with van der Waals surface area (Å²) in [5.74, 6) is -0.978. The molecule has 1 rings (SSSR count). The smallest absolute Gasteiger partial charge is 0.110 e. The van der Waals surface area contributed by atoms with Crippen LogP contribution in [0.25, 0.3) is 0 Å². The quantitative estimate of drug-likeness (QED) is 0.758. The van der Waals surface area contributed by atoms with Crippen LogP contribution in [0.5, 0.6) is 0 Å². The Morgan fingerprint density at radius 2 is 2.00 bits per heavy atom. The molecule has 0 bridgehead atoms. The Morgan fingerprint density at radius 1 is 1.38 bits per heavy atom. The molecule has 3 nitrogen and oxygen atoms in total. The number of carboxylic acids is 1. The highest BCUT2D eigenvalue weighted by Gasteiger charge is 2.08. The van der Waals surface area contributed by atoms with Crippen LogP contribution >= 0.6 is 0 Å². The zero-order valence-corrected chi connectivity index (χ0v) is 9.74. The second-order valence-electron chi connectivity index (χ2n) is 4.06. The van der Waals surface area contributed by atoms with Crippen LogP contribution in [0.3, 0.4) is 0 Å². The molecule has 1 aromatic rings. The minimum Gasteiger partial charge on any atom is -0.550 e. The zero-order valence-electron chi connectivity index (χ0n) is 9.74. The molecule has 3 heteroatoms. The summed E-state index contributed by atoms with van der Waals surface area (Å²) < 4.78 is 0. The monoisotopic (exact) mass is 221 g/mol. The van der Waals surface area contributed by atoms with Gasteiger partial charge in [-0.25, -0.2) is 0 Å². The average Bonchev–Trinajstić information content (AvgIpc) is 2.28. The topological polar surface area (TPSA) is 67.8 Å². The average molecular weight is 221 g/mol. The lowest BCUT2D eigenvalue weighted by Crippen LogP contribution is -2.53. The minimum absolute atomic E-state index is 0.124. The van der Waals surface area contributed by atoms with Crippen LogP contribution in [0.4, 0.5) is 0 Å². The number of aryl methyl sites for hydroxylation is 1. The van der Waals surface area contributed by atoms with Crippen molar-refractivity contribution in [3.63, 3.8) is 0 Å². The van der Waals surface area contributed by atoms with E-state index in [2.05, 4.69) is 36.9 Å². The first-order chi connectivity index (χ1) is 7.63. The van der Waals surface area contributed by atoms with E-state index < -0.39 is 5.97 Å². The molecule has 0 saturated heterocycles. The molecule has 0 unspecified atom stereocenters. The number of benzene rings is 1. The van der Waals surface area contributed by atoms with E-state index in [0.29, 0.717) is 6.42 Å². The van der Waals surface area contributed by atoms with Crippen molar-refractivity contribution >= 4 is 5.97 Å². The number of carbonyl (C=O) groups excluding carboxylic acids is 1. The SMILES string of the molecule is CCc1ccc([C@@H]([NH3+])CCCC(=O)[O-])cc1. The van der Waals surface area contributed by atoms with Gasteiger partial charge >= 0.3 is 0 Å². The molecule has 0 heterocycles. The molecule has 0 fully saturated rings. The van der Waals surface area contributed by atoms with Gasteiger partial charge in [-0.2, -0.15) is 0 Å². The molecule has 0 aromatic heterocycles. The first-order valence-electron chi connectivity index (χ1n) is 5.75. The molecule has 0 aliphatic carbocycles. The third kappa shape index (κ3) is 4.03. The molecule has 0 aliphatic heterocycles. The van der Waals surface area contributed by atoms with Gasteiger partial charge in [-0.3, -0.25) is 0 Å². The Morgan fingerprint density at radius 3 is 2.50 bits per heavy atom. The molecule has 0 radical (unpaired) electrons. The molecule has 16 heavy (non-hydrogen) atoms. The maximum absolute atomic E-state index is 10.3. The summed E-state index contributed by atoms with van der Waals surface area (Å²) >= 11 is 0. The lowest BCUT2D eigenvalue weighted by atomic mass is 10.00. The molecule has 1 aromatic carbocycles. The number of hydrogen-bond donors (Lipinski definition) is 1. The molecule has 1 atom stereocenters. The standard InChI is InChI=1S/C13H19NO2/c1-2-10-6-8-11(9-7-10)12(14)4-3-5-13(15)16/h6-9,12H,2-5,14H2,1H3,(H,15,16)/t12-/m0/s1. The Hall–Kier alpha value is -1.35. The highest BCUT2D eigenvalue weighted by Crippen LogP contribution is 2.15. The molecule has 0 saturated carbocycles. The van der Waals surface area contributed by atoms with Gasteiger partial charge in [0.25, 0.3) is 0 Å². The predicted molar refractivity (Wildman–Crippen MR) is 60.3 cm³/mol. The van der Waals surface area contributed by atoms with E-state index in [4.69, 9.17) is 0 Å². The van der Waals surface area contributed by atoms with Gasteiger partial charge in [0.05, 0.1) is 0 Å². The largest absolute Gasteiger partial charge is 0.550 e. The van der Waals surface area contributed by atoms with Gasteiger partial charge in [0.1, 0.15) is 6.04 Å². The van der Waals surface area contributed by atoms with E-state index >= 15 is 0 Å². The third-order valence-corrected chi connectivity index (χ3v) is 2.79. The summed E-state index contributed by atoms with van der Waals surface area (Å²) in [5, 5.41) is 10.3. The molecule has 3 N–H and O–H groups in total. The van der Waals surface area contributed by atoms with Gasteiger partial charge in [0, 0.05) is 18.0 Å². The number of hydrogen-bond acceptors (Lipinski definition) is 2. The summed E-state index contributed by atoms with van der Waals surface area (Å²) in [6.45, 7) is 2.12. The van der Waals surface area contributed by atoms with E-state index in [1.54, 1.807) is 0 Å². The molecule has 0 spiro atoms. The Bertz CT molecular complexity index is 332. The van der Waals surface area contributed by atoms with E-state index in [1.807, 2.05) is 0 Å². The molecule has 0 aliphatic rings. The van der Waals surface area contributed by atoms with Gasteiger partial charge < -0.3 is 15.6 Å². The number of carboxylic acid groups (broad SMARTS) is 1. The van der Waals surface area contributed by atoms with Crippen LogP contribution in [-0.2, 0) is 11.2 Å². The zero-order chi connectivity index (χ0) is 12.0. The first-order valence-corrected chi connectivity index (χ1v) is 5.75. The van der Waals surface area contributed by atoms with E-state index in [1.165, 1.54) is 11.1 Å². The fourth-order valence-corrected chi connectivity index (χ4v) is 1.68. The van der Waals surface area contributed by atoms with Crippen LogP contribution in [0.1, 0.15) is 43.4 Å². The summed E-state index contributed by atoms with van der Waals surface area (Å²) in [6, 6.07) is 8.54. The van der Waals surface area contributed by atoms with Crippen molar-refractivity contribution < 1.29 is 15.6 Å². The predicted octanol–water partition coefficient (Wildman–Crippen LogP) is 0.452. The molecular formula is C13H19NO2. The van der Waals surface area contributed by atoms with Crippen LogP contribution in [-0.4, -0.2) is 5.97 Å². The van der Waals surface area contributed by atoms with Crippen molar-refractivity contribution in [1.29, 1.82) is 0 Å². The summed E-state index contributed by atoms with van der Waals surface area (Å²) in [6.07, 6.45) is 2.58. The normalized spacial score (nSPS) is 12.4. The maximum Gasteiger partial charge on any atom is 0.110 e. The number of aliphatic carboxylic acids is 1. The van der Waals surface area contributed by atoms with Crippen molar-refractivity contribution in [3.05, 3.63) is 35.4 Å². The molecular weight excluding hydrogens is 202 g/mol. The van der Waals surface area contributed by atoms with Crippen LogP contribution < -0.4 is 10.8 Å². The number of quaternary nitrogens is 1. The Kier molecular flexibility index (Phi) is 4.99. The fourth-order valence-electron chi connectivity index (χ4n) is 1.68. The second-order valence-corrected chi connectivity index (χ2v) is 4.06. The molecule has 88 valence electrons. The van der Waals surface area contributed by atoms with Gasteiger partial charge in [-0.05, 0) is 24.8 Å². The van der Waals surface area contributed by atoms with Crippen molar-refractivity contribution in [1.82, 2.24) is 0 Å². The van der Waals surface area contributed by atoms with Crippen LogP contribution in [0, 0.1) is 0 Å². The number of rotatable bonds is 6. The van der Waals surface area contributed by atoms with E-state index in [0.717, 1.165) is 12.8 Å². The third-order valence-electron chi connectivity index (χ3n) is 2.79. The summed E-state index contributed by atoms with van der Waals surface area (Å²) in [5.41, 5.74) is 6.53. The Balaban J connectivity index is 2.45. The van der Waals surface area contributed by atoms with Gasteiger partial charge in [0.2, 0.25) is 0 Å². The van der Waals surface area contributed by atoms with Gasteiger partial charge in [-0.15, -0.1) is 0 Å². The van der Waals surface area contributed by atoms with E-state index in [9.17, 15) is 9.90 Å². The first kappa shape index (κ1) is 12.7. The minimum atomic E-state index is -0.978. The van der Waals surface area contributed by atoms with Crippen LogP contribution in [0.2, 0.25) is 0 Å². The molecule has 0 amide bonds. The van der Waals surface area contributed by atoms with Crippen molar-refractivity contribution in [3.8, 4) is 0 Å². The number of carbonyl (C=O) groups is 1. The summed E-state index contributed by atoms with van der Waals surface area (Å²) in [7, 11) is 0. The Labute approximate surface area is 96.3 Å². The lowest BCUT2D eigenvalue weighted by Gasteiger charge is -2.09. The van der Waals surface area contributed by atoms with Crippen molar-refractivity contribution in [2.24, 2.45) is 0 Å². The van der Waals surface area contributed by atoms with Gasteiger partial charge in [0.15, 0.2) is 0 Å². The highest BCUT2D eigenvalue weighted by molar-refractivity contribution is 5.64. The highest BCUT2D eigenvalue weighted by atomic mass is 16.4. The van der Waals surface area contributed by atoms with Crippen molar-refractivity contribution in [2.45, 2.75) is 38.6 Å². The van der Waals surface area contributed by atoms with Gasteiger partial charge in [-0.1, -0.05) is 31.2 Å². The maximum atomic E-state index is 10.3. The summed E-state index contributed by atoms with van der Waals surface area (Å²) in [4.78, 5) is 10.3. The lowest BCUT2D eigenvalue weighted by molar-refractivity contribution is -0.428. The fraction of sp³-hybridized carbons (Fsp3) is 0.462. The van der Waals surface area contributed by atoms with Crippen molar-refractivity contribution in [2.75, 3.05) is 0 Å². The van der Waals surface area contributed by atoms with E-state index in [-0.39, 0.29) is 12.5 Å². The second kappa shape index (κ2) is 6.28. The van der Waals surface area contributed by atoms with Crippen LogP contribution in [0.15, 0.2) is 24.3 Å².